The van der Waals surface area contributed by atoms with Gasteiger partial charge in [-0.25, -0.2) is 9.97 Å². The van der Waals surface area contributed by atoms with Crippen LogP contribution < -0.4 is 0 Å². The van der Waals surface area contributed by atoms with Crippen molar-refractivity contribution in [2.45, 2.75) is 13.8 Å². The maximum Gasteiger partial charge on any atom is 0.178 e. The molecule has 0 aliphatic rings. The van der Waals surface area contributed by atoms with Gasteiger partial charge in [0.25, 0.3) is 0 Å². The highest BCUT2D eigenvalue weighted by Crippen LogP contribution is 2.22. The molecule has 0 unspecified atom stereocenters. The van der Waals surface area contributed by atoms with E-state index >= 15 is 0 Å². The van der Waals surface area contributed by atoms with Gasteiger partial charge in [0, 0.05) is 6.20 Å². The second kappa shape index (κ2) is 3.20. The smallest absolute Gasteiger partial charge is 0.178 e. The Hall–Kier alpha value is -2.10. The van der Waals surface area contributed by atoms with E-state index < -0.39 is 0 Å². The Morgan fingerprint density at radius 2 is 2.06 bits per heavy atom. The number of pyridine rings is 1. The third kappa shape index (κ3) is 1.31. The number of aryl methyl sites for hydroxylation is 2. The standard InChI is InChI=1S/C12H11N3O/c1-7-5-6-13-12-10(7)14-11(15-12)9-4-3-8(2)16-9/h3-6H,1-2H3,(H,13,14,15). The minimum Gasteiger partial charge on any atom is -0.458 e. The molecule has 0 amide bonds. The van der Waals surface area contributed by atoms with Gasteiger partial charge >= 0.3 is 0 Å². The van der Waals surface area contributed by atoms with Gasteiger partial charge in [-0.2, -0.15) is 0 Å². The van der Waals surface area contributed by atoms with E-state index in [1.54, 1.807) is 6.20 Å². The molecule has 3 aromatic heterocycles. The minimum atomic E-state index is 0.726. The van der Waals surface area contributed by atoms with Crippen LogP contribution in [0.2, 0.25) is 0 Å². The average molecular weight is 213 g/mol. The van der Waals surface area contributed by atoms with E-state index in [2.05, 4.69) is 15.0 Å². The first kappa shape index (κ1) is 9.15. The van der Waals surface area contributed by atoms with E-state index in [1.807, 2.05) is 32.0 Å². The first-order chi connectivity index (χ1) is 7.74. The van der Waals surface area contributed by atoms with E-state index in [1.165, 1.54) is 0 Å². The molecule has 0 spiro atoms. The van der Waals surface area contributed by atoms with Crippen LogP contribution in [-0.2, 0) is 0 Å². The number of nitrogens with zero attached hydrogens (tertiary/aromatic N) is 2. The number of rotatable bonds is 1. The van der Waals surface area contributed by atoms with Crippen molar-refractivity contribution in [1.29, 1.82) is 0 Å². The lowest BCUT2D eigenvalue weighted by Crippen LogP contribution is -1.78. The SMILES string of the molecule is Cc1ccc(-c2nc3nccc(C)c3[nH]2)o1. The molecule has 0 radical (unpaired) electrons. The van der Waals surface area contributed by atoms with Crippen LogP contribution in [0.4, 0.5) is 0 Å². The first-order valence-corrected chi connectivity index (χ1v) is 5.12. The van der Waals surface area contributed by atoms with E-state index in [-0.39, 0.29) is 0 Å². The molecule has 80 valence electrons. The maximum atomic E-state index is 5.52. The minimum absolute atomic E-state index is 0.726. The zero-order valence-electron chi connectivity index (χ0n) is 9.11. The normalized spacial score (nSPS) is 11.1. The summed E-state index contributed by atoms with van der Waals surface area (Å²) in [7, 11) is 0. The van der Waals surface area contributed by atoms with Crippen LogP contribution in [0.3, 0.4) is 0 Å². The van der Waals surface area contributed by atoms with Crippen LogP contribution in [0.25, 0.3) is 22.7 Å². The second-order valence-electron chi connectivity index (χ2n) is 3.82. The summed E-state index contributed by atoms with van der Waals surface area (Å²) in [6.45, 7) is 3.94. The number of aromatic amines is 1. The first-order valence-electron chi connectivity index (χ1n) is 5.12. The average Bonchev–Trinajstić information content (AvgIpc) is 2.84. The van der Waals surface area contributed by atoms with Gasteiger partial charge in [-0.05, 0) is 37.6 Å². The van der Waals surface area contributed by atoms with Crippen molar-refractivity contribution in [1.82, 2.24) is 15.0 Å². The highest BCUT2D eigenvalue weighted by molar-refractivity contribution is 5.77. The van der Waals surface area contributed by atoms with Gasteiger partial charge in [-0.1, -0.05) is 0 Å². The number of imidazole rings is 1. The van der Waals surface area contributed by atoms with Gasteiger partial charge < -0.3 is 9.40 Å². The summed E-state index contributed by atoms with van der Waals surface area (Å²) in [6.07, 6.45) is 1.76. The predicted molar refractivity (Wildman–Crippen MR) is 61.1 cm³/mol. The third-order valence-electron chi connectivity index (χ3n) is 2.57. The summed E-state index contributed by atoms with van der Waals surface area (Å²) in [5.41, 5.74) is 2.82. The molecule has 0 atom stereocenters. The van der Waals surface area contributed by atoms with Crippen LogP contribution in [-0.4, -0.2) is 15.0 Å². The lowest BCUT2D eigenvalue weighted by atomic mass is 10.3. The zero-order valence-corrected chi connectivity index (χ0v) is 9.11. The molecule has 0 saturated heterocycles. The summed E-state index contributed by atoms with van der Waals surface area (Å²) in [5.74, 6) is 2.35. The van der Waals surface area contributed by atoms with Crippen molar-refractivity contribution in [3.8, 4) is 11.6 Å². The van der Waals surface area contributed by atoms with Crippen molar-refractivity contribution in [2.75, 3.05) is 0 Å². The third-order valence-corrected chi connectivity index (χ3v) is 2.57. The Morgan fingerprint density at radius 1 is 1.19 bits per heavy atom. The molecular formula is C12H11N3O. The molecule has 0 saturated carbocycles. The summed E-state index contributed by atoms with van der Waals surface area (Å²) in [5, 5.41) is 0. The van der Waals surface area contributed by atoms with Crippen LogP contribution >= 0.6 is 0 Å². The van der Waals surface area contributed by atoms with Crippen LogP contribution in [0, 0.1) is 13.8 Å². The molecule has 0 aromatic carbocycles. The number of aromatic nitrogens is 3. The molecule has 3 rings (SSSR count). The summed E-state index contributed by atoms with van der Waals surface area (Å²) in [6, 6.07) is 5.78. The summed E-state index contributed by atoms with van der Waals surface area (Å²) >= 11 is 0. The van der Waals surface area contributed by atoms with E-state index in [4.69, 9.17) is 4.42 Å². The molecule has 1 N–H and O–H groups in total. The Morgan fingerprint density at radius 3 is 2.75 bits per heavy atom. The quantitative estimate of drug-likeness (QED) is 0.676. The Kier molecular flexibility index (Phi) is 1.83. The van der Waals surface area contributed by atoms with Crippen molar-refractivity contribution in [3.05, 3.63) is 35.7 Å². The summed E-state index contributed by atoms with van der Waals surface area (Å²) in [4.78, 5) is 11.8. The van der Waals surface area contributed by atoms with Gasteiger partial charge in [-0.3, -0.25) is 0 Å². The fourth-order valence-electron chi connectivity index (χ4n) is 1.71. The number of nitrogens with one attached hydrogen (secondary N) is 1. The number of furan rings is 1. The lowest BCUT2D eigenvalue weighted by molar-refractivity contribution is 0.545. The van der Waals surface area contributed by atoms with Gasteiger partial charge in [0.15, 0.2) is 17.2 Å². The maximum absolute atomic E-state index is 5.52. The molecule has 0 aliphatic heterocycles. The monoisotopic (exact) mass is 213 g/mol. The van der Waals surface area contributed by atoms with Crippen LogP contribution in [0.5, 0.6) is 0 Å². The van der Waals surface area contributed by atoms with E-state index in [9.17, 15) is 0 Å². The van der Waals surface area contributed by atoms with Gasteiger partial charge in [-0.15, -0.1) is 0 Å². The highest BCUT2D eigenvalue weighted by Gasteiger charge is 2.10. The second-order valence-corrected chi connectivity index (χ2v) is 3.82. The molecule has 3 aromatic rings. The van der Waals surface area contributed by atoms with E-state index in [0.29, 0.717) is 0 Å². The van der Waals surface area contributed by atoms with Crippen LogP contribution in [0.15, 0.2) is 28.8 Å². The van der Waals surface area contributed by atoms with Crippen molar-refractivity contribution in [3.63, 3.8) is 0 Å². The van der Waals surface area contributed by atoms with Crippen LogP contribution in [0.1, 0.15) is 11.3 Å². The number of hydrogen-bond acceptors (Lipinski definition) is 3. The van der Waals surface area contributed by atoms with Gasteiger partial charge in [0.05, 0.1) is 5.52 Å². The van der Waals surface area contributed by atoms with Crippen molar-refractivity contribution < 1.29 is 4.42 Å². The molecule has 0 bridgehead atoms. The molecular weight excluding hydrogens is 202 g/mol. The summed E-state index contributed by atoms with van der Waals surface area (Å²) < 4.78 is 5.52. The molecule has 4 nitrogen and oxygen atoms in total. The highest BCUT2D eigenvalue weighted by atomic mass is 16.3. The topological polar surface area (TPSA) is 54.7 Å². The molecule has 16 heavy (non-hydrogen) atoms. The zero-order chi connectivity index (χ0) is 11.1. The fourth-order valence-corrected chi connectivity index (χ4v) is 1.71. The molecule has 4 heteroatoms. The molecule has 3 heterocycles. The number of fused-ring (bicyclic) bond motifs is 1. The number of hydrogen-bond donors (Lipinski definition) is 1. The van der Waals surface area contributed by atoms with Crippen molar-refractivity contribution >= 4 is 11.2 Å². The fraction of sp³-hybridized carbons (Fsp3) is 0.167. The largest absolute Gasteiger partial charge is 0.458 e. The predicted octanol–water partition coefficient (Wildman–Crippen LogP) is 2.83. The Bertz CT molecular complexity index is 651. The van der Waals surface area contributed by atoms with Crippen molar-refractivity contribution in [2.24, 2.45) is 0 Å². The molecule has 0 fully saturated rings. The van der Waals surface area contributed by atoms with Gasteiger partial charge in [0.1, 0.15) is 5.76 Å². The Balaban J connectivity index is 2.22. The number of H-pyrrole nitrogens is 1. The Labute approximate surface area is 92.3 Å². The van der Waals surface area contributed by atoms with E-state index in [0.717, 1.165) is 34.1 Å². The van der Waals surface area contributed by atoms with Gasteiger partial charge in [0.2, 0.25) is 0 Å². The molecule has 0 aliphatic carbocycles. The lowest BCUT2D eigenvalue weighted by Gasteiger charge is -1.90.